The molecule has 142 valence electrons. The van der Waals surface area contributed by atoms with Gasteiger partial charge in [-0.3, -0.25) is 4.99 Å². The number of hydrogen-bond acceptors (Lipinski definition) is 3. The van der Waals surface area contributed by atoms with E-state index in [1.165, 1.54) is 12.1 Å². The zero-order chi connectivity index (χ0) is 17.8. The maximum absolute atomic E-state index is 13.2. The van der Waals surface area contributed by atoms with E-state index < -0.39 is 5.60 Å². The minimum absolute atomic E-state index is 0. The Balaban J connectivity index is 0.00000312. The molecule has 3 N–H and O–H groups in total. The second kappa shape index (κ2) is 9.62. The molecule has 8 heteroatoms. The molecule has 25 heavy (non-hydrogen) atoms. The molecule has 1 aliphatic rings. The third-order valence-electron chi connectivity index (χ3n) is 4.25. The first-order chi connectivity index (χ1) is 11.3. The van der Waals surface area contributed by atoms with Gasteiger partial charge in [-0.1, -0.05) is 31.5 Å². The molecule has 1 aromatic rings. The highest BCUT2D eigenvalue weighted by Crippen LogP contribution is 2.30. The number of nitrogens with zero attached hydrogens (tertiary/aromatic N) is 1. The Labute approximate surface area is 175 Å². The smallest absolute Gasteiger partial charge is 0.191 e. The fourth-order valence-corrected chi connectivity index (χ4v) is 4.36. The van der Waals surface area contributed by atoms with Crippen molar-refractivity contribution in [1.82, 2.24) is 10.6 Å². The summed E-state index contributed by atoms with van der Waals surface area (Å²) < 4.78 is 13.2. The molecule has 0 spiro atoms. The molecule has 1 fully saturated rings. The van der Waals surface area contributed by atoms with E-state index in [4.69, 9.17) is 11.6 Å². The molecule has 1 aliphatic heterocycles. The van der Waals surface area contributed by atoms with Crippen molar-refractivity contribution in [2.45, 2.75) is 31.3 Å². The van der Waals surface area contributed by atoms with E-state index in [1.807, 2.05) is 13.8 Å². The number of benzene rings is 1. The number of halogens is 3. The van der Waals surface area contributed by atoms with Gasteiger partial charge in [-0.2, -0.15) is 11.8 Å². The minimum Gasteiger partial charge on any atom is -0.387 e. The summed E-state index contributed by atoms with van der Waals surface area (Å²) in [5, 5.41) is 17.2. The second-order valence-electron chi connectivity index (χ2n) is 6.81. The van der Waals surface area contributed by atoms with Gasteiger partial charge in [0.05, 0.1) is 5.60 Å². The van der Waals surface area contributed by atoms with Gasteiger partial charge in [-0.25, -0.2) is 4.39 Å². The van der Waals surface area contributed by atoms with Gasteiger partial charge in [0.1, 0.15) is 5.82 Å². The molecule has 1 aromatic carbocycles. The first-order valence-corrected chi connectivity index (χ1v) is 9.49. The Kier molecular flexibility index (Phi) is 8.77. The highest BCUT2D eigenvalue weighted by molar-refractivity contribution is 14.0. The van der Waals surface area contributed by atoms with E-state index in [0.29, 0.717) is 24.1 Å². The number of nitrogens with one attached hydrogen (secondary N) is 2. The summed E-state index contributed by atoms with van der Waals surface area (Å²) in [6, 6.07) is 4.47. The van der Waals surface area contributed by atoms with Crippen LogP contribution < -0.4 is 10.6 Å². The van der Waals surface area contributed by atoms with Crippen LogP contribution in [0.1, 0.15) is 25.8 Å². The molecule has 0 bridgehead atoms. The Morgan fingerprint density at radius 1 is 1.44 bits per heavy atom. The predicted octanol–water partition coefficient (Wildman–Crippen LogP) is 3.41. The van der Waals surface area contributed by atoms with Gasteiger partial charge >= 0.3 is 0 Å². The molecule has 0 saturated carbocycles. The molecule has 1 heterocycles. The number of aliphatic imine (C=N–C) groups is 1. The van der Waals surface area contributed by atoms with Crippen LogP contribution in [-0.2, 0) is 5.41 Å². The molecule has 0 radical (unpaired) electrons. The average Bonchev–Trinajstić information content (AvgIpc) is 2.94. The summed E-state index contributed by atoms with van der Waals surface area (Å²) in [5.74, 6) is 2.02. The lowest BCUT2D eigenvalue weighted by Gasteiger charge is -2.29. The van der Waals surface area contributed by atoms with Crippen molar-refractivity contribution >= 4 is 53.3 Å². The van der Waals surface area contributed by atoms with Gasteiger partial charge in [0.25, 0.3) is 0 Å². The summed E-state index contributed by atoms with van der Waals surface area (Å²) in [7, 11) is 1.70. The largest absolute Gasteiger partial charge is 0.387 e. The van der Waals surface area contributed by atoms with Crippen LogP contribution in [0.15, 0.2) is 23.2 Å². The van der Waals surface area contributed by atoms with Crippen LogP contribution in [0.4, 0.5) is 4.39 Å². The second-order valence-corrected chi connectivity index (χ2v) is 8.33. The third-order valence-corrected chi connectivity index (χ3v) is 5.80. The molecule has 1 unspecified atom stereocenters. The molecule has 4 nitrogen and oxygen atoms in total. The third kappa shape index (κ3) is 6.45. The van der Waals surface area contributed by atoms with Crippen LogP contribution in [0.5, 0.6) is 0 Å². The maximum atomic E-state index is 13.2. The molecule has 1 atom stereocenters. The lowest BCUT2D eigenvalue weighted by molar-refractivity contribution is 0.0724. The topological polar surface area (TPSA) is 56.7 Å². The summed E-state index contributed by atoms with van der Waals surface area (Å²) in [6.45, 7) is 5.11. The van der Waals surface area contributed by atoms with E-state index in [0.717, 1.165) is 23.5 Å². The van der Waals surface area contributed by atoms with E-state index >= 15 is 0 Å². The van der Waals surface area contributed by atoms with Gasteiger partial charge in [0.15, 0.2) is 5.96 Å². The van der Waals surface area contributed by atoms with Crippen LogP contribution in [-0.4, -0.2) is 48.3 Å². The minimum atomic E-state index is -0.669. The quantitative estimate of drug-likeness (QED) is 0.329. The lowest BCUT2D eigenvalue weighted by atomic mass is 9.84. The molecule has 0 aliphatic carbocycles. The van der Waals surface area contributed by atoms with Crippen molar-refractivity contribution in [3.05, 3.63) is 34.6 Å². The zero-order valence-electron chi connectivity index (χ0n) is 14.7. The highest BCUT2D eigenvalue weighted by Gasteiger charge is 2.32. The monoisotopic (exact) mass is 501 g/mol. The van der Waals surface area contributed by atoms with Crippen molar-refractivity contribution in [3.8, 4) is 0 Å². The van der Waals surface area contributed by atoms with Gasteiger partial charge in [0, 0.05) is 36.3 Å². The first-order valence-electron chi connectivity index (χ1n) is 7.96. The Morgan fingerprint density at radius 3 is 2.72 bits per heavy atom. The summed E-state index contributed by atoms with van der Waals surface area (Å²) >= 11 is 7.94. The van der Waals surface area contributed by atoms with Gasteiger partial charge in [-0.15, -0.1) is 24.0 Å². The fraction of sp³-hybridized carbons (Fsp3) is 0.588. The van der Waals surface area contributed by atoms with E-state index in [9.17, 15) is 9.50 Å². The number of aliphatic hydroxyl groups is 1. The predicted molar refractivity (Wildman–Crippen MR) is 116 cm³/mol. The number of hydrogen-bond donors (Lipinski definition) is 3. The van der Waals surface area contributed by atoms with Gasteiger partial charge in [-0.05, 0) is 29.9 Å². The SMILES string of the molecule is CN=C(NCC1(O)CCSC1)NCC(C)(C)c1ccc(F)cc1Cl.I. The fourth-order valence-electron chi connectivity index (χ4n) is 2.64. The Hall–Kier alpha value is -0.250. The van der Waals surface area contributed by atoms with Crippen molar-refractivity contribution in [3.63, 3.8) is 0 Å². The standard InChI is InChI=1S/C17H25ClFN3OS.HI/c1-16(2,13-5-4-12(19)8-14(13)18)9-21-15(20-3)22-10-17(23)6-7-24-11-17;/h4-5,8,23H,6-7,9-11H2,1-3H3,(H2,20,21,22);1H. The molecular formula is C17H26ClFIN3OS. The average molecular weight is 502 g/mol. The molecule has 0 aromatic heterocycles. The maximum Gasteiger partial charge on any atom is 0.191 e. The van der Waals surface area contributed by atoms with Gasteiger partial charge < -0.3 is 15.7 Å². The van der Waals surface area contributed by atoms with Crippen LogP contribution in [0.3, 0.4) is 0 Å². The zero-order valence-corrected chi connectivity index (χ0v) is 18.6. The molecular weight excluding hydrogens is 476 g/mol. The van der Waals surface area contributed by atoms with Crippen molar-refractivity contribution < 1.29 is 9.50 Å². The molecule has 0 amide bonds. The van der Waals surface area contributed by atoms with Crippen LogP contribution in [0.2, 0.25) is 5.02 Å². The Bertz CT molecular complexity index is 610. The Morgan fingerprint density at radius 2 is 2.16 bits per heavy atom. The summed E-state index contributed by atoms with van der Waals surface area (Å²) in [4.78, 5) is 4.20. The molecule has 2 rings (SSSR count). The summed E-state index contributed by atoms with van der Waals surface area (Å²) in [5.41, 5.74) is -0.0973. The lowest BCUT2D eigenvalue weighted by Crippen LogP contribution is -2.49. The van der Waals surface area contributed by atoms with Crippen LogP contribution in [0.25, 0.3) is 0 Å². The normalized spacial score (nSPS) is 21.0. The van der Waals surface area contributed by atoms with Crippen molar-refractivity contribution in [2.75, 3.05) is 31.6 Å². The van der Waals surface area contributed by atoms with Gasteiger partial charge in [0.2, 0.25) is 0 Å². The summed E-state index contributed by atoms with van der Waals surface area (Å²) in [6.07, 6.45) is 0.790. The van der Waals surface area contributed by atoms with E-state index in [2.05, 4.69) is 15.6 Å². The highest BCUT2D eigenvalue weighted by atomic mass is 127. The van der Waals surface area contributed by atoms with Crippen molar-refractivity contribution in [1.29, 1.82) is 0 Å². The number of guanidine groups is 1. The van der Waals surface area contributed by atoms with E-state index in [1.54, 1.807) is 24.9 Å². The van der Waals surface area contributed by atoms with Crippen LogP contribution in [0, 0.1) is 5.82 Å². The van der Waals surface area contributed by atoms with Crippen molar-refractivity contribution in [2.24, 2.45) is 4.99 Å². The number of rotatable bonds is 5. The first kappa shape index (κ1) is 22.8. The number of thioether (sulfide) groups is 1. The van der Waals surface area contributed by atoms with Crippen LogP contribution >= 0.6 is 47.3 Å². The van der Waals surface area contributed by atoms with E-state index in [-0.39, 0.29) is 35.2 Å². The molecule has 1 saturated heterocycles.